The van der Waals surface area contributed by atoms with Crippen molar-refractivity contribution in [3.63, 3.8) is 0 Å². The van der Waals surface area contributed by atoms with E-state index in [9.17, 15) is 9.59 Å². The Kier molecular flexibility index (Phi) is 4.56. The minimum absolute atomic E-state index is 0.122. The van der Waals surface area contributed by atoms with Crippen molar-refractivity contribution < 1.29 is 14.7 Å². The number of hydrogen-bond acceptors (Lipinski definition) is 5. The topological polar surface area (TPSA) is 92.2 Å². The Morgan fingerprint density at radius 1 is 1.36 bits per heavy atom. The Morgan fingerprint density at radius 2 is 2.09 bits per heavy atom. The van der Waals surface area contributed by atoms with Gasteiger partial charge in [-0.05, 0) is 24.0 Å². The highest BCUT2D eigenvalue weighted by Gasteiger charge is 2.16. The minimum Gasteiger partial charge on any atom is -0.477 e. The first kappa shape index (κ1) is 16.1. The largest absolute Gasteiger partial charge is 0.477 e. The van der Waals surface area contributed by atoms with Crippen molar-refractivity contribution in [2.75, 3.05) is 5.32 Å². The van der Waals surface area contributed by atoms with E-state index in [0.717, 1.165) is 12.1 Å². The fourth-order valence-electron chi connectivity index (χ4n) is 1.85. The number of carbonyl (C=O) groups excluding carboxylic acids is 1. The number of nitrogens with zero attached hydrogens (tertiary/aromatic N) is 2. The van der Waals surface area contributed by atoms with Crippen LogP contribution in [-0.4, -0.2) is 27.0 Å². The number of carboxylic acid groups (broad SMARTS) is 1. The Balaban J connectivity index is 2.09. The van der Waals surface area contributed by atoms with Gasteiger partial charge in [0.1, 0.15) is 5.69 Å². The van der Waals surface area contributed by atoms with Crippen molar-refractivity contribution in [1.29, 1.82) is 0 Å². The van der Waals surface area contributed by atoms with Gasteiger partial charge in [0, 0.05) is 17.1 Å². The second-order valence-electron chi connectivity index (χ2n) is 6.07. The zero-order valence-electron chi connectivity index (χ0n) is 12.6. The van der Waals surface area contributed by atoms with Gasteiger partial charge < -0.3 is 5.11 Å². The van der Waals surface area contributed by atoms with Gasteiger partial charge in [0.25, 0.3) is 5.91 Å². The first-order valence-corrected chi connectivity index (χ1v) is 7.58. The number of amides is 1. The lowest BCUT2D eigenvalue weighted by Crippen LogP contribution is -2.14. The van der Waals surface area contributed by atoms with Crippen LogP contribution in [0.15, 0.2) is 23.7 Å². The van der Waals surface area contributed by atoms with Crippen LogP contribution in [0.25, 0.3) is 0 Å². The van der Waals surface area contributed by atoms with Crippen LogP contribution in [0.2, 0.25) is 0 Å². The van der Waals surface area contributed by atoms with Gasteiger partial charge in [-0.1, -0.05) is 20.8 Å². The van der Waals surface area contributed by atoms with E-state index in [-0.39, 0.29) is 16.7 Å². The molecule has 2 aromatic rings. The summed E-state index contributed by atoms with van der Waals surface area (Å²) in [5, 5.41) is 14.0. The molecule has 0 saturated heterocycles. The van der Waals surface area contributed by atoms with E-state index in [1.165, 1.54) is 29.7 Å². The molecule has 0 aliphatic carbocycles. The first-order valence-electron chi connectivity index (χ1n) is 6.70. The summed E-state index contributed by atoms with van der Waals surface area (Å²) in [4.78, 5) is 31.0. The molecule has 0 aliphatic rings. The molecule has 2 rings (SSSR count). The first-order chi connectivity index (χ1) is 10.2. The molecule has 0 unspecified atom stereocenters. The van der Waals surface area contributed by atoms with E-state index < -0.39 is 11.9 Å². The predicted molar refractivity (Wildman–Crippen MR) is 84.4 cm³/mol. The molecule has 7 heteroatoms. The number of carboxylic acids is 1. The van der Waals surface area contributed by atoms with Gasteiger partial charge >= 0.3 is 5.97 Å². The number of nitrogens with one attached hydrogen (secondary N) is 1. The van der Waals surface area contributed by atoms with Crippen LogP contribution < -0.4 is 5.32 Å². The van der Waals surface area contributed by atoms with Crippen LogP contribution >= 0.6 is 11.3 Å². The van der Waals surface area contributed by atoms with Gasteiger partial charge in [-0.15, -0.1) is 11.3 Å². The third-order valence-electron chi connectivity index (χ3n) is 2.72. The van der Waals surface area contributed by atoms with Gasteiger partial charge in [0.15, 0.2) is 5.13 Å². The van der Waals surface area contributed by atoms with Crippen molar-refractivity contribution >= 4 is 28.3 Å². The summed E-state index contributed by atoms with van der Waals surface area (Å²) in [7, 11) is 0. The second-order valence-corrected chi connectivity index (χ2v) is 6.93. The fraction of sp³-hybridized carbons (Fsp3) is 0.333. The molecule has 1 amide bonds. The zero-order chi connectivity index (χ0) is 16.3. The number of hydrogen-bond donors (Lipinski definition) is 2. The molecule has 0 bridgehead atoms. The van der Waals surface area contributed by atoms with Crippen molar-refractivity contribution in [3.05, 3.63) is 40.7 Å². The molecule has 0 saturated carbocycles. The van der Waals surface area contributed by atoms with Gasteiger partial charge in [-0.25, -0.2) is 14.8 Å². The summed E-state index contributed by atoms with van der Waals surface area (Å²) in [6, 6.07) is 2.70. The summed E-state index contributed by atoms with van der Waals surface area (Å²) in [6.07, 6.45) is 2.11. The highest BCUT2D eigenvalue weighted by Crippen LogP contribution is 2.24. The minimum atomic E-state index is -1.17. The maximum absolute atomic E-state index is 12.1. The number of anilines is 1. The standard InChI is InChI=1S/C15H17N3O3S/c1-15(2,3)7-10-8-22-14(17-10)18-12(19)9-4-5-16-11(6-9)13(20)21/h4-6,8H,7H2,1-3H3,(H,20,21)(H,17,18,19). The molecule has 2 N–H and O–H groups in total. The number of rotatable bonds is 4. The van der Waals surface area contributed by atoms with Crippen LogP contribution in [0.3, 0.4) is 0 Å². The van der Waals surface area contributed by atoms with E-state index in [2.05, 4.69) is 36.1 Å². The van der Waals surface area contributed by atoms with Crippen LogP contribution in [0.1, 0.15) is 47.3 Å². The van der Waals surface area contributed by atoms with E-state index in [1.54, 1.807) is 0 Å². The molecule has 2 aromatic heterocycles. The summed E-state index contributed by atoms with van der Waals surface area (Å²) < 4.78 is 0. The highest BCUT2D eigenvalue weighted by atomic mass is 32.1. The quantitative estimate of drug-likeness (QED) is 0.903. The Hall–Kier alpha value is -2.28. The molecule has 116 valence electrons. The molecule has 2 heterocycles. The third kappa shape index (κ3) is 4.36. The Morgan fingerprint density at radius 3 is 2.73 bits per heavy atom. The lowest BCUT2D eigenvalue weighted by atomic mass is 9.91. The van der Waals surface area contributed by atoms with Gasteiger partial charge in [0.05, 0.1) is 5.69 Å². The molecule has 22 heavy (non-hydrogen) atoms. The van der Waals surface area contributed by atoms with Gasteiger partial charge in [-0.2, -0.15) is 0 Å². The smallest absolute Gasteiger partial charge is 0.354 e. The molecule has 0 fully saturated rings. The Labute approximate surface area is 132 Å². The lowest BCUT2D eigenvalue weighted by Gasteiger charge is -2.15. The van der Waals surface area contributed by atoms with Crippen LogP contribution in [-0.2, 0) is 6.42 Å². The number of aromatic carboxylic acids is 1. The van der Waals surface area contributed by atoms with Crippen molar-refractivity contribution in [1.82, 2.24) is 9.97 Å². The number of aromatic nitrogens is 2. The normalized spacial score (nSPS) is 11.2. The monoisotopic (exact) mass is 319 g/mol. The van der Waals surface area contributed by atoms with Crippen LogP contribution in [0.4, 0.5) is 5.13 Å². The lowest BCUT2D eigenvalue weighted by molar-refractivity contribution is 0.0690. The highest BCUT2D eigenvalue weighted by molar-refractivity contribution is 7.14. The van der Waals surface area contributed by atoms with Crippen molar-refractivity contribution in [2.24, 2.45) is 5.41 Å². The average Bonchev–Trinajstić information content (AvgIpc) is 2.83. The maximum Gasteiger partial charge on any atom is 0.354 e. The molecular weight excluding hydrogens is 302 g/mol. The molecule has 0 aromatic carbocycles. The van der Waals surface area contributed by atoms with E-state index >= 15 is 0 Å². The van der Waals surface area contributed by atoms with Crippen LogP contribution in [0, 0.1) is 5.41 Å². The fourth-order valence-corrected chi connectivity index (χ4v) is 2.55. The SMILES string of the molecule is CC(C)(C)Cc1csc(NC(=O)c2ccnc(C(=O)O)c2)n1. The van der Waals surface area contributed by atoms with E-state index in [4.69, 9.17) is 5.11 Å². The molecule has 0 spiro atoms. The molecule has 6 nitrogen and oxygen atoms in total. The number of thiazole rings is 1. The Bertz CT molecular complexity index is 704. The zero-order valence-corrected chi connectivity index (χ0v) is 13.4. The maximum atomic E-state index is 12.1. The molecule has 0 atom stereocenters. The van der Waals surface area contributed by atoms with E-state index in [0.29, 0.717) is 5.13 Å². The van der Waals surface area contributed by atoms with Gasteiger partial charge in [-0.3, -0.25) is 10.1 Å². The van der Waals surface area contributed by atoms with Crippen LogP contribution in [0.5, 0.6) is 0 Å². The van der Waals surface area contributed by atoms with E-state index in [1.807, 2.05) is 5.38 Å². The summed E-state index contributed by atoms with van der Waals surface area (Å²) in [6.45, 7) is 6.36. The summed E-state index contributed by atoms with van der Waals surface area (Å²) in [5.41, 5.74) is 1.12. The number of carbonyl (C=O) groups is 2. The molecule has 0 aliphatic heterocycles. The third-order valence-corrected chi connectivity index (χ3v) is 3.53. The summed E-state index contributed by atoms with van der Waals surface area (Å²) >= 11 is 1.35. The summed E-state index contributed by atoms with van der Waals surface area (Å²) in [5.74, 6) is -1.57. The average molecular weight is 319 g/mol. The van der Waals surface area contributed by atoms with Crippen molar-refractivity contribution in [2.45, 2.75) is 27.2 Å². The van der Waals surface area contributed by atoms with Crippen molar-refractivity contribution in [3.8, 4) is 0 Å². The van der Waals surface area contributed by atoms with Gasteiger partial charge in [0.2, 0.25) is 0 Å². The molecule has 0 radical (unpaired) electrons. The predicted octanol–water partition coefficient (Wildman–Crippen LogP) is 3.08. The number of pyridine rings is 1. The second kappa shape index (κ2) is 6.23. The molecular formula is C15H17N3O3S.